The maximum absolute atomic E-state index is 12.6. The molecule has 0 saturated carbocycles. The van der Waals surface area contributed by atoms with Gasteiger partial charge in [-0.15, -0.1) is 0 Å². The summed E-state index contributed by atoms with van der Waals surface area (Å²) in [6.45, 7) is 0.501. The van der Waals surface area contributed by atoms with Crippen LogP contribution in [-0.4, -0.2) is 59.8 Å². The summed E-state index contributed by atoms with van der Waals surface area (Å²) in [5, 5.41) is 3.02. The lowest BCUT2D eigenvalue weighted by atomic mass is 10.0. The third-order valence-electron chi connectivity index (χ3n) is 4.52. The van der Waals surface area contributed by atoms with Gasteiger partial charge in [-0.05, 0) is 50.0 Å². The smallest absolute Gasteiger partial charge is 0.251 e. The van der Waals surface area contributed by atoms with Gasteiger partial charge >= 0.3 is 0 Å². The number of nitrogens with zero attached hydrogens (tertiary/aromatic N) is 2. The van der Waals surface area contributed by atoms with E-state index in [1.165, 1.54) is 0 Å². The number of ether oxygens (including phenoxy) is 2. The molecule has 0 aliphatic carbocycles. The number of anilines is 1. The van der Waals surface area contributed by atoms with Gasteiger partial charge in [-0.1, -0.05) is 12.1 Å². The molecule has 0 heterocycles. The van der Waals surface area contributed by atoms with Crippen LogP contribution in [0.25, 0.3) is 0 Å². The molecule has 0 radical (unpaired) electrons. The highest BCUT2D eigenvalue weighted by Crippen LogP contribution is 2.27. The van der Waals surface area contributed by atoms with Crippen molar-refractivity contribution in [3.8, 4) is 11.5 Å². The van der Waals surface area contributed by atoms with Crippen LogP contribution in [0, 0.1) is 0 Å². The average Bonchev–Trinajstić information content (AvgIpc) is 2.67. The van der Waals surface area contributed by atoms with Gasteiger partial charge in [-0.25, -0.2) is 0 Å². The van der Waals surface area contributed by atoms with Gasteiger partial charge in [0.2, 0.25) is 0 Å². The van der Waals surface area contributed by atoms with Crippen LogP contribution in [0.1, 0.15) is 22.0 Å². The summed E-state index contributed by atoms with van der Waals surface area (Å²) in [4.78, 5) is 16.7. The fourth-order valence-corrected chi connectivity index (χ4v) is 2.86. The van der Waals surface area contributed by atoms with Crippen LogP contribution >= 0.6 is 0 Å². The molecule has 2 aromatic rings. The van der Waals surface area contributed by atoms with Gasteiger partial charge in [0.05, 0.1) is 20.3 Å². The number of benzene rings is 2. The SMILES string of the molecule is COc1ccc(C(=O)NC[C@H](c2ccc(N(C)C)cc2)N(C)C)cc1OC. The molecule has 1 N–H and O–H groups in total. The number of carbonyl (C=O) groups is 1. The van der Waals surface area contributed by atoms with Gasteiger partial charge < -0.3 is 24.6 Å². The Balaban J connectivity index is 2.10. The zero-order chi connectivity index (χ0) is 20.0. The minimum atomic E-state index is -0.146. The molecule has 0 aliphatic rings. The Morgan fingerprint density at radius 2 is 1.59 bits per heavy atom. The summed E-state index contributed by atoms with van der Waals surface area (Å²) >= 11 is 0. The van der Waals surface area contributed by atoms with Gasteiger partial charge in [0.25, 0.3) is 5.91 Å². The Morgan fingerprint density at radius 1 is 0.963 bits per heavy atom. The fraction of sp³-hybridized carbons (Fsp3) is 0.381. The lowest BCUT2D eigenvalue weighted by molar-refractivity contribution is 0.0941. The monoisotopic (exact) mass is 371 g/mol. The van der Waals surface area contributed by atoms with Crippen molar-refractivity contribution in [1.29, 1.82) is 0 Å². The first-order valence-corrected chi connectivity index (χ1v) is 8.81. The number of hydrogen-bond acceptors (Lipinski definition) is 5. The number of likely N-dealkylation sites (N-methyl/N-ethyl adjacent to an activating group) is 1. The van der Waals surface area contributed by atoms with Crippen LogP contribution < -0.4 is 19.7 Å². The fourth-order valence-electron chi connectivity index (χ4n) is 2.86. The number of hydrogen-bond donors (Lipinski definition) is 1. The van der Waals surface area contributed by atoms with Crippen molar-refractivity contribution in [2.45, 2.75) is 6.04 Å². The highest BCUT2D eigenvalue weighted by Gasteiger charge is 2.17. The summed E-state index contributed by atoms with van der Waals surface area (Å²) in [6, 6.07) is 13.6. The van der Waals surface area contributed by atoms with E-state index in [0.717, 1.165) is 11.3 Å². The number of rotatable bonds is 8. The Bertz CT molecular complexity index is 758. The molecular weight excluding hydrogens is 342 g/mol. The molecule has 0 aromatic heterocycles. The van der Waals surface area contributed by atoms with E-state index < -0.39 is 0 Å². The maximum atomic E-state index is 12.6. The molecule has 1 amide bonds. The van der Waals surface area contributed by atoms with E-state index >= 15 is 0 Å². The zero-order valence-electron chi connectivity index (χ0n) is 16.9. The molecule has 2 aromatic carbocycles. The normalized spacial score (nSPS) is 11.8. The number of nitrogens with one attached hydrogen (secondary N) is 1. The maximum Gasteiger partial charge on any atom is 0.251 e. The van der Waals surface area contributed by atoms with Crippen molar-refractivity contribution in [2.24, 2.45) is 0 Å². The zero-order valence-corrected chi connectivity index (χ0v) is 16.9. The van der Waals surface area contributed by atoms with Crippen LogP contribution in [-0.2, 0) is 0 Å². The van der Waals surface area contributed by atoms with Crippen LogP contribution in [0.3, 0.4) is 0 Å². The highest BCUT2D eigenvalue weighted by atomic mass is 16.5. The predicted octanol–water partition coefficient (Wildman–Crippen LogP) is 2.80. The topological polar surface area (TPSA) is 54.0 Å². The molecule has 6 nitrogen and oxygen atoms in total. The summed E-state index contributed by atoms with van der Waals surface area (Å²) in [5.74, 6) is 0.988. The summed E-state index contributed by atoms with van der Waals surface area (Å²) in [7, 11) is 11.2. The molecule has 0 spiro atoms. The second-order valence-electron chi connectivity index (χ2n) is 6.75. The number of amides is 1. The first kappa shape index (κ1) is 20.6. The molecule has 27 heavy (non-hydrogen) atoms. The van der Waals surface area contributed by atoms with E-state index in [4.69, 9.17) is 9.47 Å². The van der Waals surface area contributed by atoms with Crippen LogP contribution in [0.15, 0.2) is 42.5 Å². The van der Waals surface area contributed by atoms with Crippen molar-refractivity contribution < 1.29 is 14.3 Å². The summed E-state index contributed by atoms with van der Waals surface area (Å²) in [6.07, 6.45) is 0. The van der Waals surface area contributed by atoms with E-state index in [9.17, 15) is 4.79 Å². The van der Waals surface area contributed by atoms with Gasteiger partial charge in [-0.3, -0.25) is 4.79 Å². The first-order chi connectivity index (χ1) is 12.9. The lowest BCUT2D eigenvalue weighted by Gasteiger charge is -2.26. The Hall–Kier alpha value is -2.73. The van der Waals surface area contributed by atoms with Crippen LogP contribution in [0.5, 0.6) is 11.5 Å². The molecule has 0 unspecified atom stereocenters. The summed E-state index contributed by atoms with van der Waals surface area (Å²) < 4.78 is 10.5. The largest absolute Gasteiger partial charge is 0.493 e. The molecule has 146 valence electrons. The highest BCUT2D eigenvalue weighted by molar-refractivity contribution is 5.94. The molecule has 0 fully saturated rings. The standard InChI is InChI=1S/C21H29N3O3/c1-23(2)17-10-7-15(8-11-17)18(24(3)4)14-22-21(25)16-9-12-19(26-5)20(13-16)27-6/h7-13,18H,14H2,1-6H3,(H,22,25)/t18-/m1/s1. The van der Waals surface area contributed by atoms with E-state index in [2.05, 4.69) is 39.4 Å². The Morgan fingerprint density at radius 3 is 2.11 bits per heavy atom. The second kappa shape index (κ2) is 9.28. The lowest BCUT2D eigenvalue weighted by Crippen LogP contribution is -2.34. The molecule has 6 heteroatoms. The van der Waals surface area contributed by atoms with Crippen molar-refractivity contribution in [3.05, 3.63) is 53.6 Å². The van der Waals surface area contributed by atoms with E-state index in [1.54, 1.807) is 32.4 Å². The molecule has 0 bridgehead atoms. The van der Waals surface area contributed by atoms with Crippen molar-refractivity contribution in [3.63, 3.8) is 0 Å². The Labute approximate surface area is 161 Å². The molecule has 1 atom stereocenters. The van der Waals surface area contributed by atoms with Crippen LogP contribution in [0.2, 0.25) is 0 Å². The molecule has 2 rings (SSSR count). The third kappa shape index (κ3) is 5.14. The minimum Gasteiger partial charge on any atom is -0.493 e. The van der Waals surface area contributed by atoms with Crippen molar-refractivity contribution >= 4 is 11.6 Å². The van der Waals surface area contributed by atoms with Gasteiger partial charge in [0, 0.05) is 31.9 Å². The van der Waals surface area contributed by atoms with Gasteiger partial charge in [0.15, 0.2) is 11.5 Å². The first-order valence-electron chi connectivity index (χ1n) is 8.81. The van der Waals surface area contributed by atoms with E-state index in [0.29, 0.717) is 23.6 Å². The van der Waals surface area contributed by atoms with Crippen molar-refractivity contribution in [2.75, 3.05) is 53.9 Å². The number of carbonyl (C=O) groups excluding carboxylic acids is 1. The van der Waals surface area contributed by atoms with Crippen LogP contribution in [0.4, 0.5) is 5.69 Å². The predicted molar refractivity (Wildman–Crippen MR) is 109 cm³/mol. The van der Waals surface area contributed by atoms with Crippen molar-refractivity contribution in [1.82, 2.24) is 10.2 Å². The van der Waals surface area contributed by atoms with Gasteiger partial charge in [0.1, 0.15) is 0 Å². The van der Waals surface area contributed by atoms with E-state index in [-0.39, 0.29) is 11.9 Å². The van der Waals surface area contributed by atoms with Gasteiger partial charge in [-0.2, -0.15) is 0 Å². The second-order valence-corrected chi connectivity index (χ2v) is 6.75. The molecular formula is C21H29N3O3. The van der Waals surface area contributed by atoms with E-state index in [1.807, 2.05) is 28.2 Å². The summed E-state index contributed by atoms with van der Waals surface area (Å²) in [5.41, 5.74) is 2.83. The molecule has 0 aliphatic heterocycles. The number of methoxy groups -OCH3 is 2. The molecule has 0 saturated heterocycles. The average molecular weight is 371 g/mol. The Kier molecular flexibility index (Phi) is 7.07. The quantitative estimate of drug-likeness (QED) is 0.773. The minimum absolute atomic E-state index is 0.0744. The third-order valence-corrected chi connectivity index (χ3v) is 4.52.